The fourth-order valence-electron chi connectivity index (χ4n) is 2.28. The summed E-state index contributed by atoms with van der Waals surface area (Å²) in [7, 11) is 0. The monoisotopic (exact) mass is 249 g/mol. The van der Waals surface area contributed by atoms with Crippen molar-refractivity contribution in [3.63, 3.8) is 0 Å². The van der Waals surface area contributed by atoms with Crippen LogP contribution in [0.2, 0.25) is 0 Å². The molecule has 0 spiro atoms. The van der Waals surface area contributed by atoms with E-state index in [-0.39, 0.29) is 5.69 Å². The van der Waals surface area contributed by atoms with Crippen molar-refractivity contribution >= 4 is 5.69 Å². The van der Waals surface area contributed by atoms with Crippen molar-refractivity contribution in [1.29, 1.82) is 0 Å². The van der Waals surface area contributed by atoms with Crippen LogP contribution in [-0.2, 0) is 6.42 Å². The highest BCUT2D eigenvalue weighted by molar-refractivity contribution is 5.33. The fraction of sp³-hybridized carbons (Fsp3) is 0.615. The molecule has 5 heteroatoms. The Balaban J connectivity index is 2.10. The SMILES string of the molecule is CCNC(Cc1ncc([N+](=O)[O-])cc1C)C1CC1. The lowest BCUT2D eigenvalue weighted by molar-refractivity contribution is -0.385. The van der Waals surface area contributed by atoms with Gasteiger partial charge in [-0.15, -0.1) is 0 Å². The molecular formula is C13H19N3O2. The van der Waals surface area contributed by atoms with E-state index in [1.165, 1.54) is 19.0 Å². The molecule has 18 heavy (non-hydrogen) atoms. The molecule has 1 saturated carbocycles. The Kier molecular flexibility index (Phi) is 3.91. The van der Waals surface area contributed by atoms with Crippen molar-refractivity contribution in [2.45, 2.75) is 39.2 Å². The van der Waals surface area contributed by atoms with Gasteiger partial charge in [0.1, 0.15) is 6.20 Å². The first-order chi connectivity index (χ1) is 8.61. The number of rotatable bonds is 6. The minimum atomic E-state index is -0.396. The number of likely N-dealkylation sites (N-methyl/N-ethyl adjacent to an activating group) is 1. The average Bonchev–Trinajstić information content (AvgIpc) is 3.14. The molecule has 1 heterocycles. The first kappa shape index (κ1) is 13.0. The predicted octanol–water partition coefficient (Wildman–Crippen LogP) is 2.23. The molecule has 2 rings (SSSR count). The quantitative estimate of drug-likeness (QED) is 0.620. The number of aryl methyl sites for hydroxylation is 1. The highest BCUT2D eigenvalue weighted by atomic mass is 16.6. The van der Waals surface area contributed by atoms with Crippen molar-refractivity contribution in [3.8, 4) is 0 Å². The van der Waals surface area contributed by atoms with Gasteiger partial charge in [-0.1, -0.05) is 6.92 Å². The minimum absolute atomic E-state index is 0.0719. The van der Waals surface area contributed by atoms with E-state index in [1.54, 1.807) is 6.07 Å². The third-order valence-electron chi connectivity index (χ3n) is 3.45. The molecule has 5 nitrogen and oxygen atoms in total. The van der Waals surface area contributed by atoms with E-state index in [1.807, 2.05) is 6.92 Å². The number of pyridine rings is 1. The zero-order valence-electron chi connectivity index (χ0n) is 10.8. The molecule has 1 aromatic rings. The Morgan fingerprint density at radius 1 is 1.61 bits per heavy atom. The zero-order valence-corrected chi connectivity index (χ0v) is 10.8. The second-order valence-corrected chi connectivity index (χ2v) is 4.92. The summed E-state index contributed by atoms with van der Waals surface area (Å²) in [5.74, 6) is 0.751. The van der Waals surface area contributed by atoms with Gasteiger partial charge < -0.3 is 5.32 Å². The van der Waals surface area contributed by atoms with Crippen LogP contribution in [0.15, 0.2) is 12.3 Å². The summed E-state index contributed by atoms with van der Waals surface area (Å²) in [6.45, 7) is 4.95. The Morgan fingerprint density at radius 3 is 2.83 bits per heavy atom. The van der Waals surface area contributed by atoms with Crippen molar-refractivity contribution in [1.82, 2.24) is 10.3 Å². The summed E-state index contributed by atoms with van der Waals surface area (Å²) in [6.07, 6.45) is 4.79. The Morgan fingerprint density at radius 2 is 2.33 bits per heavy atom. The fourth-order valence-corrected chi connectivity index (χ4v) is 2.28. The highest BCUT2D eigenvalue weighted by Gasteiger charge is 2.31. The second-order valence-electron chi connectivity index (χ2n) is 4.92. The van der Waals surface area contributed by atoms with Gasteiger partial charge in [-0.05, 0) is 37.8 Å². The van der Waals surface area contributed by atoms with Crippen LogP contribution >= 0.6 is 0 Å². The van der Waals surface area contributed by atoms with Crippen LogP contribution in [0.25, 0.3) is 0 Å². The topological polar surface area (TPSA) is 68.1 Å². The highest BCUT2D eigenvalue weighted by Crippen LogP contribution is 2.34. The summed E-state index contributed by atoms with van der Waals surface area (Å²) < 4.78 is 0. The minimum Gasteiger partial charge on any atom is -0.314 e. The van der Waals surface area contributed by atoms with Gasteiger partial charge in [-0.25, -0.2) is 0 Å². The number of nitrogens with zero attached hydrogens (tertiary/aromatic N) is 2. The Labute approximate surface area is 107 Å². The van der Waals surface area contributed by atoms with E-state index < -0.39 is 4.92 Å². The first-order valence-electron chi connectivity index (χ1n) is 6.45. The van der Waals surface area contributed by atoms with E-state index in [2.05, 4.69) is 17.2 Å². The lowest BCUT2D eigenvalue weighted by Crippen LogP contribution is -2.33. The molecule has 0 radical (unpaired) electrons. The molecule has 1 N–H and O–H groups in total. The molecule has 1 fully saturated rings. The zero-order chi connectivity index (χ0) is 13.1. The maximum Gasteiger partial charge on any atom is 0.287 e. The lowest BCUT2D eigenvalue weighted by Gasteiger charge is -2.17. The second kappa shape index (κ2) is 5.44. The van der Waals surface area contributed by atoms with E-state index in [4.69, 9.17) is 0 Å². The van der Waals surface area contributed by atoms with Crippen LogP contribution in [-0.4, -0.2) is 22.5 Å². The van der Waals surface area contributed by atoms with Crippen molar-refractivity contribution in [2.75, 3.05) is 6.54 Å². The van der Waals surface area contributed by atoms with Gasteiger partial charge >= 0.3 is 0 Å². The smallest absolute Gasteiger partial charge is 0.287 e. The van der Waals surface area contributed by atoms with Crippen LogP contribution in [0.3, 0.4) is 0 Å². The third kappa shape index (κ3) is 3.04. The number of nitro groups is 1. The maximum absolute atomic E-state index is 10.7. The predicted molar refractivity (Wildman–Crippen MR) is 69.5 cm³/mol. The molecule has 0 aliphatic heterocycles. The number of aromatic nitrogens is 1. The summed E-state index contributed by atoms with van der Waals surface area (Å²) in [5.41, 5.74) is 1.95. The molecule has 1 aromatic heterocycles. The van der Waals surface area contributed by atoms with E-state index in [0.29, 0.717) is 6.04 Å². The summed E-state index contributed by atoms with van der Waals surface area (Å²) in [6, 6.07) is 2.07. The van der Waals surface area contributed by atoms with Gasteiger partial charge in [0.2, 0.25) is 0 Å². The first-order valence-corrected chi connectivity index (χ1v) is 6.45. The average molecular weight is 249 g/mol. The van der Waals surface area contributed by atoms with Gasteiger partial charge in [-0.3, -0.25) is 15.1 Å². The summed E-state index contributed by atoms with van der Waals surface area (Å²) >= 11 is 0. The van der Waals surface area contributed by atoms with Crippen molar-refractivity contribution < 1.29 is 4.92 Å². The van der Waals surface area contributed by atoms with Crippen LogP contribution in [0.1, 0.15) is 31.0 Å². The lowest BCUT2D eigenvalue weighted by atomic mass is 10.0. The van der Waals surface area contributed by atoms with Crippen LogP contribution in [0, 0.1) is 23.0 Å². The van der Waals surface area contributed by atoms with E-state index in [0.717, 1.165) is 30.1 Å². The molecular weight excluding hydrogens is 230 g/mol. The van der Waals surface area contributed by atoms with Gasteiger partial charge in [0.25, 0.3) is 5.69 Å². The van der Waals surface area contributed by atoms with Gasteiger partial charge in [0.15, 0.2) is 0 Å². The number of hydrogen-bond donors (Lipinski definition) is 1. The summed E-state index contributed by atoms with van der Waals surface area (Å²) in [4.78, 5) is 14.5. The van der Waals surface area contributed by atoms with Gasteiger partial charge in [0.05, 0.1) is 4.92 Å². The largest absolute Gasteiger partial charge is 0.314 e. The van der Waals surface area contributed by atoms with Gasteiger partial charge in [-0.2, -0.15) is 0 Å². The van der Waals surface area contributed by atoms with Crippen LogP contribution < -0.4 is 5.32 Å². The molecule has 1 atom stereocenters. The molecule has 1 unspecified atom stereocenters. The number of nitrogens with one attached hydrogen (secondary N) is 1. The van der Waals surface area contributed by atoms with Crippen molar-refractivity contribution in [2.24, 2.45) is 5.92 Å². The summed E-state index contributed by atoms with van der Waals surface area (Å²) in [5, 5.41) is 14.1. The van der Waals surface area contributed by atoms with E-state index >= 15 is 0 Å². The molecule has 0 aromatic carbocycles. The van der Waals surface area contributed by atoms with Crippen molar-refractivity contribution in [3.05, 3.63) is 33.6 Å². The van der Waals surface area contributed by atoms with Gasteiger partial charge in [0, 0.05) is 24.2 Å². The molecule has 1 aliphatic carbocycles. The standard InChI is InChI=1S/C13H19N3O2/c1-3-14-13(10-4-5-10)7-12-9(2)6-11(8-15-12)16(17)18/h6,8,10,13-14H,3-5,7H2,1-2H3. The Hall–Kier alpha value is -1.49. The Bertz CT molecular complexity index is 444. The van der Waals surface area contributed by atoms with E-state index in [9.17, 15) is 10.1 Å². The maximum atomic E-state index is 10.7. The molecule has 98 valence electrons. The molecule has 0 saturated heterocycles. The normalized spacial score (nSPS) is 16.6. The van der Waals surface area contributed by atoms with Crippen LogP contribution in [0.4, 0.5) is 5.69 Å². The molecule has 0 amide bonds. The number of hydrogen-bond acceptors (Lipinski definition) is 4. The van der Waals surface area contributed by atoms with Crippen LogP contribution in [0.5, 0.6) is 0 Å². The molecule has 1 aliphatic rings. The molecule has 0 bridgehead atoms. The third-order valence-corrected chi connectivity index (χ3v) is 3.45.